The molecule has 40 heavy (non-hydrogen) atoms. The first-order chi connectivity index (χ1) is 19.4. The third-order valence-corrected chi connectivity index (χ3v) is 8.36. The summed E-state index contributed by atoms with van der Waals surface area (Å²) in [6.45, 7) is 0. The molecule has 0 saturated carbocycles. The fraction of sp³-hybridized carbons (Fsp3) is 0.121. The Kier molecular flexibility index (Phi) is 5.32. The lowest BCUT2D eigenvalue weighted by atomic mass is 9.64. The molecule has 0 bridgehead atoms. The summed E-state index contributed by atoms with van der Waals surface area (Å²) in [5.74, 6) is -4.01. The number of para-hydroxylation sites is 2. The summed E-state index contributed by atoms with van der Waals surface area (Å²) in [6, 6.07) is 23.3. The van der Waals surface area contributed by atoms with Crippen LogP contribution in [0.25, 0.3) is 6.08 Å². The van der Waals surface area contributed by atoms with Crippen molar-refractivity contribution < 1.29 is 23.2 Å². The molecule has 0 aliphatic carbocycles. The molecule has 1 amide bonds. The number of rotatable bonds is 4. The van der Waals surface area contributed by atoms with Gasteiger partial charge in [-0.3, -0.25) is 14.4 Å². The van der Waals surface area contributed by atoms with Gasteiger partial charge in [0.15, 0.2) is 11.6 Å². The Bertz CT molecular complexity index is 1750. The first-order valence-corrected chi connectivity index (χ1v) is 13.0. The molecule has 3 aliphatic rings. The molecule has 0 unspecified atom stereocenters. The molecule has 7 rings (SSSR count). The average Bonchev–Trinajstić information content (AvgIpc) is 3.45. The van der Waals surface area contributed by atoms with E-state index in [1.165, 1.54) is 42.5 Å². The zero-order chi connectivity index (χ0) is 27.6. The molecule has 1 spiro atoms. The number of carbonyl (C=O) groups is 3. The van der Waals surface area contributed by atoms with Crippen LogP contribution in [0.3, 0.4) is 0 Å². The fourth-order valence-corrected chi connectivity index (χ4v) is 6.73. The van der Waals surface area contributed by atoms with E-state index >= 15 is 4.39 Å². The van der Waals surface area contributed by atoms with E-state index < -0.39 is 52.5 Å². The molecule has 4 aromatic carbocycles. The molecular weight excluding hydrogens is 510 g/mol. The highest BCUT2D eigenvalue weighted by atomic mass is 19.1. The number of hydrogen-bond donors (Lipinski definition) is 1. The third kappa shape index (κ3) is 3.21. The lowest BCUT2D eigenvalue weighted by molar-refractivity contribution is -0.121. The van der Waals surface area contributed by atoms with Gasteiger partial charge >= 0.3 is 0 Å². The second kappa shape index (κ2) is 8.81. The van der Waals surface area contributed by atoms with Crippen molar-refractivity contribution in [2.45, 2.75) is 17.5 Å². The largest absolute Gasteiger partial charge is 0.352 e. The van der Waals surface area contributed by atoms with Crippen LogP contribution in [0, 0.1) is 17.6 Å². The van der Waals surface area contributed by atoms with Gasteiger partial charge in [-0.15, -0.1) is 0 Å². The summed E-state index contributed by atoms with van der Waals surface area (Å²) in [6.07, 6.45) is 3.74. The molecular formula is C33H22F2N2O3. The van der Waals surface area contributed by atoms with E-state index in [1.54, 1.807) is 35.2 Å². The molecule has 1 fully saturated rings. The highest BCUT2D eigenvalue weighted by Gasteiger charge is 2.70. The topological polar surface area (TPSA) is 66.5 Å². The zero-order valence-electron chi connectivity index (χ0n) is 21.1. The Morgan fingerprint density at radius 2 is 1.50 bits per heavy atom. The maximum absolute atomic E-state index is 15.1. The Morgan fingerprint density at radius 3 is 2.30 bits per heavy atom. The van der Waals surface area contributed by atoms with E-state index in [9.17, 15) is 18.8 Å². The van der Waals surface area contributed by atoms with Crippen molar-refractivity contribution in [2.24, 2.45) is 5.92 Å². The highest BCUT2D eigenvalue weighted by Crippen LogP contribution is 2.58. The number of hydrogen-bond acceptors (Lipinski definition) is 4. The second-order valence-electron chi connectivity index (χ2n) is 10.3. The van der Waals surface area contributed by atoms with Gasteiger partial charge < -0.3 is 10.2 Å². The normalized spacial score (nSPS) is 23.9. The summed E-state index contributed by atoms with van der Waals surface area (Å²) in [5.41, 5.74) is 1.08. The highest BCUT2D eigenvalue weighted by molar-refractivity contribution is 6.18. The molecule has 4 aromatic rings. The molecule has 3 heterocycles. The van der Waals surface area contributed by atoms with Crippen LogP contribution >= 0.6 is 0 Å². The summed E-state index contributed by atoms with van der Waals surface area (Å²) in [7, 11) is 0. The van der Waals surface area contributed by atoms with Crippen molar-refractivity contribution in [3.8, 4) is 0 Å². The van der Waals surface area contributed by atoms with E-state index in [0.717, 1.165) is 5.56 Å². The SMILES string of the molecule is O=C(c1ccccc1F)[C@@H]1[C@@H](C(=O)c2ccc(F)cc2)[C@]2(C(=O)Nc3ccccc32)[C@H]2C=Cc3ccccc3N12. The van der Waals surface area contributed by atoms with Crippen LogP contribution in [0.2, 0.25) is 0 Å². The van der Waals surface area contributed by atoms with Crippen LogP contribution in [0.4, 0.5) is 20.2 Å². The molecule has 7 heteroatoms. The number of Topliss-reactive ketones (excluding diaryl/α,β-unsaturated/α-hetero) is 2. The van der Waals surface area contributed by atoms with E-state index in [-0.39, 0.29) is 11.1 Å². The van der Waals surface area contributed by atoms with Crippen molar-refractivity contribution >= 4 is 34.9 Å². The number of ketones is 2. The predicted octanol–water partition coefficient (Wildman–Crippen LogP) is 5.82. The molecule has 0 aromatic heterocycles. The van der Waals surface area contributed by atoms with Gasteiger partial charge in [-0.05, 0) is 59.7 Å². The quantitative estimate of drug-likeness (QED) is 0.337. The Hall–Kier alpha value is -4.91. The number of fused-ring (bicyclic) bond motifs is 6. The molecule has 1 N–H and O–H groups in total. The predicted molar refractivity (Wildman–Crippen MR) is 147 cm³/mol. The van der Waals surface area contributed by atoms with Gasteiger partial charge in [0.1, 0.15) is 23.1 Å². The molecule has 1 saturated heterocycles. The van der Waals surface area contributed by atoms with Crippen LogP contribution in [-0.4, -0.2) is 29.6 Å². The number of anilines is 2. The summed E-state index contributed by atoms with van der Waals surface area (Å²) >= 11 is 0. The lowest BCUT2D eigenvalue weighted by Crippen LogP contribution is -2.51. The van der Waals surface area contributed by atoms with Gasteiger partial charge in [0.25, 0.3) is 0 Å². The molecule has 0 radical (unpaired) electrons. The zero-order valence-corrected chi connectivity index (χ0v) is 21.1. The van der Waals surface area contributed by atoms with Gasteiger partial charge in [0, 0.05) is 16.9 Å². The Morgan fingerprint density at radius 1 is 0.800 bits per heavy atom. The maximum Gasteiger partial charge on any atom is 0.238 e. The smallest absolute Gasteiger partial charge is 0.238 e. The number of nitrogens with one attached hydrogen (secondary N) is 1. The first kappa shape index (κ1) is 24.2. The summed E-state index contributed by atoms with van der Waals surface area (Å²) in [4.78, 5) is 45.0. The minimum Gasteiger partial charge on any atom is -0.352 e. The van der Waals surface area contributed by atoms with Crippen LogP contribution < -0.4 is 10.2 Å². The van der Waals surface area contributed by atoms with Gasteiger partial charge in [0.2, 0.25) is 5.91 Å². The Labute approximate surface area is 228 Å². The van der Waals surface area contributed by atoms with Crippen molar-refractivity contribution in [1.82, 2.24) is 0 Å². The van der Waals surface area contributed by atoms with Gasteiger partial charge in [-0.1, -0.05) is 60.7 Å². The van der Waals surface area contributed by atoms with Crippen molar-refractivity contribution in [3.63, 3.8) is 0 Å². The van der Waals surface area contributed by atoms with E-state index in [2.05, 4.69) is 5.32 Å². The molecule has 196 valence electrons. The third-order valence-electron chi connectivity index (χ3n) is 8.36. The number of benzene rings is 4. The molecule has 5 nitrogen and oxygen atoms in total. The lowest BCUT2D eigenvalue weighted by Gasteiger charge is -2.37. The molecule has 3 aliphatic heterocycles. The monoisotopic (exact) mass is 532 g/mol. The second-order valence-corrected chi connectivity index (χ2v) is 10.3. The Balaban J connectivity index is 1.55. The molecule has 4 atom stereocenters. The number of amides is 1. The summed E-state index contributed by atoms with van der Waals surface area (Å²) < 4.78 is 29.0. The standard InChI is InChI=1S/C33H22F2N2O3/c34-21-16-13-20(14-17-21)30(38)28-29(31(39)22-8-2-4-10-24(22)35)37-26-12-6-1-7-19(26)15-18-27(37)33(28)23-9-3-5-11-25(23)36-32(33)40/h1-18,27-29H,(H,36,40)/t27-,28+,29+,33-/m1/s1. The fourth-order valence-electron chi connectivity index (χ4n) is 6.73. The van der Waals surface area contributed by atoms with Crippen LogP contribution in [-0.2, 0) is 10.2 Å². The minimum atomic E-state index is -1.52. The summed E-state index contributed by atoms with van der Waals surface area (Å²) in [5, 5.41) is 2.95. The van der Waals surface area contributed by atoms with Crippen molar-refractivity contribution in [3.05, 3.63) is 137 Å². The van der Waals surface area contributed by atoms with Crippen LogP contribution in [0.15, 0.2) is 103 Å². The average molecular weight is 533 g/mol. The maximum atomic E-state index is 15.1. The van der Waals surface area contributed by atoms with Crippen molar-refractivity contribution in [2.75, 3.05) is 10.2 Å². The minimum absolute atomic E-state index is 0.159. The van der Waals surface area contributed by atoms with Crippen LogP contribution in [0.1, 0.15) is 31.8 Å². The van der Waals surface area contributed by atoms with Crippen molar-refractivity contribution in [1.29, 1.82) is 0 Å². The van der Waals surface area contributed by atoms with E-state index in [0.29, 0.717) is 16.9 Å². The number of nitrogens with zero attached hydrogens (tertiary/aromatic N) is 1. The number of carbonyl (C=O) groups excluding carboxylic acids is 3. The van der Waals surface area contributed by atoms with Gasteiger partial charge in [-0.2, -0.15) is 0 Å². The van der Waals surface area contributed by atoms with E-state index in [4.69, 9.17) is 0 Å². The van der Waals surface area contributed by atoms with E-state index in [1.807, 2.05) is 36.4 Å². The number of halogens is 2. The first-order valence-electron chi connectivity index (χ1n) is 13.0. The van der Waals surface area contributed by atoms with Gasteiger partial charge in [-0.25, -0.2) is 8.78 Å². The van der Waals surface area contributed by atoms with Gasteiger partial charge in [0.05, 0.1) is 17.5 Å². The van der Waals surface area contributed by atoms with Crippen LogP contribution in [0.5, 0.6) is 0 Å².